The van der Waals surface area contributed by atoms with Crippen LogP contribution in [-0.4, -0.2) is 56.0 Å². The molecule has 1 aliphatic heterocycles. The number of ether oxygens (including phenoxy) is 2. The average Bonchev–Trinajstić information content (AvgIpc) is 3.74. The van der Waals surface area contributed by atoms with Crippen LogP contribution in [-0.2, 0) is 11.3 Å². The first-order valence-corrected chi connectivity index (χ1v) is 14.1. The highest BCUT2D eigenvalue weighted by Crippen LogP contribution is 2.35. The molecule has 1 N–H and O–H groups in total. The van der Waals surface area contributed by atoms with Crippen molar-refractivity contribution in [2.24, 2.45) is 0 Å². The number of nitrogens with one attached hydrogen (secondary N) is 1. The molecular weight excluding hydrogens is 496 g/mol. The number of tetrazole rings is 1. The minimum atomic E-state index is -0.500. The third-order valence-electron chi connectivity index (χ3n) is 7.90. The minimum Gasteiger partial charge on any atom is -0.494 e. The maximum atomic E-state index is 13.8. The molecular formula is C29H36N6O4. The van der Waals surface area contributed by atoms with Crippen LogP contribution in [0.5, 0.6) is 5.75 Å². The molecule has 39 heavy (non-hydrogen) atoms. The quantitative estimate of drug-likeness (QED) is 0.311. The van der Waals surface area contributed by atoms with E-state index in [0.29, 0.717) is 31.1 Å². The highest BCUT2D eigenvalue weighted by Gasteiger charge is 2.35. The molecule has 0 amide bonds. The molecule has 1 aliphatic carbocycles. The van der Waals surface area contributed by atoms with Gasteiger partial charge >= 0.3 is 0 Å². The molecule has 2 aliphatic rings. The zero-order valence-electron chi connectivity index (χ0n) is 22.4. The highest BCUT2D eigenvalue weighted by atomic mass is 16.5. The Hall–Kier alpha value is -3.50. The van der Waals surface area contributed by atoms with Crippen molar-refractivity contribution < 1.29 is 13.9 Å². The molecule has 2 atom stereocenters. The third-order valence-corrected chi connectivity index (χ3v) is 7.90. The Kier molecular flexibility index (Phi) is 7.74. The van der Waals surface area contributed by atoms with Crippen LogP contribution >= 0.6 is 0 Å². The molecule has 6 rings (SSSR count). The zero-order chi connectivity index (χ0) is 26.6. The van der Waals surface area contributed by atoms with Crippen LogP contribution in [0, 0.1) is 0 Å². The topological polar surface area (TPSA) is 111 Å². The van der Waals surface area contributed by atoms with Gasteiger partial charge in [0.1, 0.15) is 17.6 Å². The van der Waals surface area contributed by atoms with Crippen LogP contribution in [0.2, 0.25) is 0 Å². The Morgan fingerprint density at radius 1 is 1.15 bits per heavy atom. The fourth-order valence-corrected chi connectivity index (χ4v) is 6.04. The van der Waals surface area contributed by atoms with E-state index in [4.69, 9.17) is 13.9 Å². The van der Waals surface area contributed by atoms with Crippen LogP contribution in [0.4, 0.5) is 0 Å². The van der Waals surface area contributed by atoms with Gasteiger partial charge in [0, 0.05) is 29.6 Å². The summed E-state index contributed by atoms with van der Waals surface area (Å²) in [5.74, 6) is 2.25. The normalized spacial score (nSPS) is 19.2. The monoisotopic (exact) mass is 532 g/mol. The SMILES string of the molecule is CCOc1ccc2[nH]c(=O)c([C@@H](c3nnnn3C3CCCCC3)N(Cc3ccco3)C[C@H]3CCCO3)cc2c1. The van der Waals surface area contributed by atoms with Crippen molar-refractivity contribution in [1.82, 2.24) is 30.1 Å². The third kappa shape index (κ3) is 5.62. The number of H-pyrrole nitrogens is 1. The van der Waals surface area contributed by atoms with E-state index in [1.165, 1.54) is 6.42 Å². The van der Waals surface area contributed by atoms with Crippen molar-refractivity contribution in [3.05, 3.63) is 70.2 Å². The van der Waals surface area contributed by atoms with Crippen molar-refractivity contribution in [3.63, 3.8) is 0 Å². The molecule has 4 heterocycles. The number of aromatic nitrogens is 5. The van der Waals surface area contributed by atoms with E-state index in [1.807, 2.05) is 48.0 Å². The van der Waals surface area contributed by atoms with Gasteiger partial charge in [-0.1, -0.05) is 19.3 Å². The molecule has 1 saturated heterocycles. The predicted molar refractivity (Wildman–Crippen MR) is 146 cm³/mol. The molecule has 0 spiro atoms. The number of benzene rings is 1. The van der Waals surface area contributed by atoms with E-state index in [2.05, 4.69) is 25.4 Å². The summed E-state index contributed by atoms with van der Waals surface area (Å²) in [4.78, 5) is 19.1. The second kappa shape index (κ2) is 11.7. The lowest BCUT2D eigenvalue weighted by Crippen LogP contribution is -2.39. The first-order chi connectivity index (χ1) is 19.2. The summed E-state index contributed by atoms with van der Waals surface area (Å²) in [5, 5.41) is 14.1. The van der Waals surface area contributed by atoms with Crippen molar-refractivity contribution in [2.75, 3.05) is 19.8 Å². The summed E-state index contributed by atoms with van der Waals surface area (Å²) in [6.07, 6.45) is 9.33. The molecule has 0 radical (unpaired) electrons. The molecule has 10 heteroatoms. The van der Waals surface area contributed by atoms with Gasteiger partial charge in [-0.25, -0.2) is 4.68 Å². The number of rotatable bonds is 10. The number of furan rings is 1. The number of nitrogens with zero attached hydrogens (tertiary/aromatic N) is 5. The number of pyridine rings is 1. The van der Waals surface area contributed by atoms with Crippen LogP contribution in [0.25, 0.3) is 10.9 Å². The van der Waals surface area contributed by atoms with Crippen molar-refractivity contribution in [2.45, 2.75) is 76.6 Å². The Morgan fingerprint density at radius 2 is 2.05 bits per heavy atom. The van der Waals surface area contributed by atoms with E-state index >= 15 is 0 Å². The Balaban J connectivity index is 1.49. The molecule has 10 nitrogen and oxygen atoms in total. The van der Waals surface area contributed by atoms with Gasteiger partial charge in [0.15, 0.2) is 5.82 Å². The maximum absolute atomic E-state index is 13.8. The number of fused-ring (bicyclic) bond motifs is 1. The first-order valence-electron chi connectivity index (χ1n) is 14.1. The summed E-state index contributed by atoms with van der Waals surface area (Å²) < 4.78 is 19.6. The lowest BCUT2D eigenvalue weighted by atomic mass is 9.95. The Labute approximate surface area is 227 Å². The summed E-state index contributed by atoms with van der Waals surface area (Å²) in [7, 11) is 0. The molecule has 0 unspecified atom stereocenters. The van der Waals surface area contributed by atoms with Gasteiger partial charge in [-0.3, -0.25) is 9.69 Å². The predicted octanol–water partition coefficient (Wildman–Crippen LogP) is 4.78. The standard InChI is InChI=1S/C29H36N6O4/c1-2-37-22-12-13-26-20(16-22)17-25(29(36)30-26)27(28-31-32-33-35(28)21-8-4-3-5-9-21)34(18-23-10-6-14-38-23)19-24-11-7-15-39-24/h6,10,12-14,16-17,21,24,27H,2-5,7-9,11,15,18-19H2,1H3,(H,30,36)/t24-,27+/m1/s1. The molecule has 1 aromatic carbocycles. The van der Waals surface area contributed by atoms with Crippen LogP contribution in [0.15, 0.2) is 51.9 Å². The van der Waals surface area contributed by atoms with Gasteiger partial charge in [0.25, 0.3) is 5.56 Å². The summed E-state index contributed by atoms with van der Waals surface area (Å²) in [6.45, 7) is 4.39. The Bertz CT molecular complexity index is 1420. The number of aromatic amines is 1. The smallest absolute Gasteiger partial charge is 0.253 e. The van der Waals surface area contributed by atoms with Crippen molar-refractivity contribution in [1.29, 1.82) is 0 Å². The van der Waals surface area contributed by atoms with Gasteiger partial charge in [-0.2, -0.15) is 0 Å². The lowest BCUT2D eigenvalue weighted by Gasteiger charge is -2.33. The van der Waals surface area contributed by atoms with Gasteiger partial charge in [-0.15, -0.1) is 5.10 Å². The van der Waals surface area contributed by atoms with Crippen LogP contribution in [0.1, 0.15) is 81.1 Å². The van der Waals surface area contributed by atoms with E-state index in [1.54, 1.807) is 6.26 Å². The van der Waals surface area contributed by atoms with Crippen LogP contribution < -0.4 is 10.3 Å². The Morgan fingerprint density at radius 3 is 2.82 bits per heavy atom. The lowest BCUT2D eigenvalue weighted by molar-refractivity contribution is 0.0539. The minimum absolute atomic E-state index is 0.0607. The van der Waals surface area contributed by atoms with Gasteiger partial charge in [0.2, 0.25) is 0 Å². The van der Waals surface area contributed by atoms with E-state index < -0.39 is 6.04 Å². The van der Waals surface area contributed by atoms with Gasteiger partial charge in [0.05, 0.1) is 31.6 Å². The molecule has 3 aromatic heterocycles. The zero-order valence-corrected chi connectivity index (χ0v) is 22.4. The van der Waals surface area contributed by atoms with Crippen LogP contribution in [0.3, 0.4) is 0 Å². The summed E-state index contributed by atoms with van der Waals surface area (Å²) in [6, 6.07) is 11.3. The molecule has 4 aromatic rings. The molecule has 206 valence electrons. The van der Waals surface area contributed by atoms with Gasteiger partial charge < -0.3 is 18.9 Å². The van der Waals surface area contributed by atoms with Crippen molar-refractivity contribution >= 4 is 10.9 Å². The number of hydrogen-bond acceptors (Lipinski definition) is 8. The largest absolute Gasteiger partial charge is 0.494 e. The second-order valence-electron chi connectivity index (χ2n) is 10.6. The molecule has 2 fully saturated rings. The summed E-state index contributed by atoms with van der Waals surface area (Å²) >= 11 is 0. The van der Waals surface area contributed by atoms with Gasteiger partial charge in [-0.05, 0) is 79.4 Å². The molecule has 1 saturated carbocycles. The number of hydrogen-bond donors (Lipinski definition) is 1. The fraction of sp³-hybridized carbons (Fsp3) is 0.517. The van der Waals surface area contributed by atoms with E-state index in [0.717, 1.165) is 67.5 Å². The summed E-state index contributed by atoms with van der Waals surface area (Å²) in [5.41, 5.74) is 1.19. The maximum Gasteiger partial charge on any atom is 0.253 e. The molecule has 0 bridgehead atoms. The first kappa shape index (κ1) is 25.8. The van der Waals surface area contributed by atoms with E-state index in [-0.39, 0.29) is 17.7 Å². The average molecular weight is 533 g/mol. The van der Waals surface area contributed by atoms with Crippen molar-refractivity contribution in [3.8, 4) is 5.75 Å². The fourth-order valence-electron chi connectivity index (χ4n) is 6.04. The second-order valence-corrected chi connectivity index (χ2v) is 10.6. The highest BCUT2D eigenvalue weighted by molar-refractivity contribution is 5.80. The van der Waals surface area contributed by atoms with E-state index in [9.17, 15) is 4.79 Å².